The molecule has 0 aliphatic carbocycles. The van der Waals surface area contributed by atoms with Crippen LogP contribution in [0.5, 0.6) is 0 Å². The Kier molecular flexibility index (Phi) is 27.3. The first-order valence-electron chi connectivity index (χ1n) is 3.32. The molecule has 0 saturated carbocycles. The van der Waals surface area contributed by atoms with Crippen molar-refractivity contribution in [3.8, 4) is 0 Å². The molecule has 0 aliphatic rings. The Labute approximate surface area is 184 Å². The minimum atomic E-state index is -5.17. The van der Waals surface area contributed by atoms with Gasteiger partial charge in [0.25, 0.3) is 0 Å². The molecule has 0 aromatic rings. The van der Waals surface area contributed by atoms with E-state index in [-0.39, 0.29) is 103 Å². The van der Waals surface area contributed by atoms with Gasteiger partial charge in [-0.1, -0.05) is 0 Å². The third kappa shape index (κ3) is 36.0. The van der Waals surface area contributed by atoms with Crippen LogP contribution in [0.3, 0.4) is 0 Å². The molecule has 0 saturated heterocycles. The van der Waals surface area contributed by atoms with Crippen molar-refractivity contribution in [1.82, 2.24) is 0 Å². The molecule has 11 heteroatoms. The molecular weight excluding hydrogens is 312 g/mol. The molecule has 0 radical (unpaired) electrons. The molecular formula is C5H11K2NO6S2. The topological polar surface area (TPSA) is 144 Å². The SMILES string of the molecule is CSCC[C@H](N)C(=O)O.O=S(=O)([O-])[O-].[K+].[K+]. The Morgan fingerprint density at radius 2 is 1.75 bits per heavy atom. The van der Waals surface area contributed by atoms with Gasteiger partial charge in [0, 0.05) is 10.4 Å². The average molecular weight is 323 g/mol. The summed E-state index contributed by atoms with van der Waals surface area (Å²) < 4.78 is 34.1. The first kappa shape index (κ1) is 27.3. The summed E-state index contributed by atoms with van der Waals surface area (Å²) in [4.78, 5) is 10.1. The third-order valence-corrected chi connectivity index (χ3v) is 1.59. The largest absolute Gasteiger partial charge is 1.00 e. The third-order valence-electron chi connectivity index (χ3n) is 0.950. The fourth-order valence-electron chi connectivity index (χ4n) is 0.368. The molecule has 0 aliphatic heterocycles. The molecule has 3 N–H and O–H groups in total. The summed E-state index contributed by atoms with van der Waals surface area (Å²) in [6.45, 7) is 0. The number of carboxylic acids is 1. The summed E-state index contributed by atoms with van der Waals surface area (Å²) in [5, 5.41) is 8.27. The number of hydrogen-bond acceptors (Lipinski definition) is 7. The van der Waals surface area contributed by atoms with E-state index >= 15 is 0 Å². The van der Waals surface area contributed by atoms with E-state index in [1.54, 1.807) is 11.8 Å². The fourth-order valence-corrected chi connectivity index (χ4v) is 0.858. The average Bonchev–Trinajstić information content (AvgIpc) is 1.96. The molecule has 7 nitrogen and oxygen atoms in total. The van der Waals surface area contributed by atoms with E-state index in [9.17, 15) is 4.79 Å². The van der Waals surface area contributed by atoms with Crippen LogP contribution < -0.4 is 109 Å². The van der Waals surface area contributed by atoms with Crippen LogP contribution in [0.4, 0.5) is 0 Å². The summed E-state index contributed by atoms with van der Waals surface area (Å²) in [5.41, 5.74) is 5.19. The zero-order valence-electron chi connectivity index (χ0n) is 9.37. The van der Waals surface area contributed by atoms with Crippen molar-refractivity contribution in [3.63, 3.8) is 0 Å². The van der Waals surface area contributed by atoms with E-state index in [1.807, 2.05) is 6.26 Å². The van der Waals surface area contributed by atoms with Crippen molar-refractivity contribution in [1.29, 1.82) is 0 Å². The van der Waals surface area contributed by atoms with E-state index in [0.29, 0.717) is 6.42 Å². The first-order chi connectivity index (χ1) is 6.18. The van der Waals surface area contributed by atoms with Gasteiger partial charge in [0.05, 0.1) is 0 Å². The summed E-state index contributed by atoms with van der Waals surface area (Å²) in [5.74, 6) is -0.1000. The van der Waals surface area contributed by atoms with Crippen molar-refractivity contribution >= 4 is 28.1 Å². The molecule has 0 amide bonds. The van der Waals surface area contributed by atoms with Crippen LogP contribution in [0.1, 0.15) is 6.42 Å². The number of hydrogen-bond donors (Lipinski definition) is 2. The van der Waals surface area contributed by atoms with Gasteiger partial charge in [0.1, 0.15) is 6.04 Å². The minimum Gasteiger partial charge on any atom is -0.759 e. The van der Waals surface area contributed by atoms with E-state index in [2.05, 4.69) is 0 Å². The van der Waals surface area contributed by atoms with Gasteiger partial charge in [-0.2, -0.15) is 11.8 Å². The molecule has 86 valence electrons. The molecule has 0 spiro atoms. The van der Waals surface area contributed by atoms with Crippen molar-refractivity contribution < 1.29 is 130 Å². The van der Waals surface area contributed by atoms with E-state index in [4.69, 9.17) is 28.4 Å². The van der Waals surface area contributed by atoms with Crippen molar-refractivity contribution in [2.45, 2.75) is 12.5 Å². The molecule has 0 rings (SSSR count). The standard InChI is InChI=1S/C5H11NO2S.2K.H2O4S/c1-9-3-2-4(6)5(7)8;;;1-5(2,3)4/h4H,2-3,6H2,1H3,(H,7,8);;;(H2,1,2,3,4)/q;2*+1;/p-2/t4-;;;/m0.../s1. The second-order valence-corrected chi connectivity index (χ2v) is 3.94. The predicted octanol–water partition coefficient (Wildman–Crippen LogP) is -7.18. The maximum atomic E-state index is 10.1. The van der Waals surface area contributed by atoms with Gasteiger partial charge in [0.15, 0.2) is 0 Å². The summed E-state index contributed by atoms with van der Waals surface area (Å²) in [7, 11) is -5.17. The summed E-state index contributed by atoms with van der Waals surface area (Å²) in [6, 6.07) is -0.683. The second-order valence-electron chi connectivity index (χ2n) is 2.13. The van der Waals surface area contributed by atoms with Crippen molar-refractivity contribution in [2.75, 3.05) is 12.0 Å². The Morgan fingerprint density at radius 3 is 1.94 bits per heavy atom. The number of nitrogens with two attached hydrogens (primary N) is 1. The van der Waals surface area contributed by atoms with Crippen molar-refractivity contribution in [3.05, 3.63) is 0 Å². The maximum absolute atomic E-state index is 10.1. The number of aliphatic carboxylic acids is 1. The smallest absolute Gasteiger partial charge is 0.759 e. The molecule has 0 aromatic carbocycles. The molecule has 0 aromatic heterocycles. The van der Waals surface area contributed by atoms with Gasteiger partial charge in [-0.15, -0.1) is 0 Å². The zero-order valence-corrected chi connectivity index (χ0v) is 17.3. The minimum absolute atomic E-state index is 0. The van der Waals surface area contributed by atoms with Gasteiger partial charge in [-0.3, -0.25) is 13.2 Å². The predicted molar refractivity (Wildman–Crippen MR) is 49.1 cm³/mol. The maximum Gasteiger partial charge on any atom is 1.00 e. The molecule has 0 fully saturated rings. The van der Waals surface area contributed by atoms with Crippen LogP contribution in [0, 0.1) is 0 Å². The molecule has 16 heavy (non-hydrogen) atoms. The van der Waals surface area contributed by atoms with Gasteiger partial charge >= 0.3 is 109 Å². The van der Waals surface area contributed by atoms with Crippen LogP contribution in [0.15, 0.2) is 0 Å². The van der Waals surface area contributed by atoms with Crippen LogP contribution in [-0.4, -0.2) is 46.6 Å². The number of thioether (sulfide) groups is 1. The zero-order chi connectivity index (χ0) is 11.8. The van der Waals surface area contributed by atoms with Crippen molar-refractivity contribution in [2.24, 2.45) is 5.73 Å². The molecule has 0 heterocycles. The Bertz CT molecular complexity index is 252. The van der Waals surface area contributed by atoms with Crippen LogP contribution >= 0.6 is 11.8 Å². The van der Waals surface area contributed by atoms with E-state index in [0.717, 1.165) is 5.75 Å². The van der Waals surface area contributed by atoms with E-state index < -0.39 is 22.4 Å². The summed E-state index contributed by atoms with van der Waals surface area (Å²) in [6.07, 6.45) is 2.48. The monoisotopic (exact) mass is 323 g/mol. The fraction of sp³-hybridized carbons (Fsp3) is 0.800. The Morgan fingerprint density at radius 1 is 1.44 bits per heavy atom. The number of rotatable bonds is 4. The van der Waals surface area contributed by atoms with Gasteiger partial charge in [-0.25, -0.2) is 0 Å². The van der Waals surface area contributed by atoms with Gasteiger partial charge < -0.3 is 19.9 Å². The normalized spacial score (nSPS) is 11.0. The molecule has 1 atom stereocenters. The van der Waals surface area contributed by atoms with Crippen LogP contribution in [0.2, 0.25) is 0 Å². The summed E-state index contributed by atoms with van der Waals surface area (Å²) >= 11 is 1.60. The number of carbonyl (C=O) groups is 1. The molecule has 0 unspecified atom stereocenters. The van der Waals surface area contributed by atoms with Gasteiger partial charge in [0.2, 0.25) is 0 Å². The van der Waals surface area contributed by atoms with E-state index in [1.165, 1.54) is 0 Å². The quantitative estimate of drug-likeness (QED) is 0.295. The molecule has 0 bridgehead atoms. The van der Waals surface area contributed by atoms with Gasteiger partial charge in [-0.05, 0) is 18.4 Å². The van der Waals surface area contributed by atoms with Crippen LogP contribution in [0.25, 0.3) is 0 Å². The Balaban J connectivity index is -0.0000000904. The number of carboxylic acid groups (broad SMARTS) is 1. The van der Waals surface area contributed by atoms with Crippen LogP contribution in [-0.2, 0) is 15.2 Å². The second kappa shape index (κ2) is 16.0. The first-order valence-corrected chi connectivity index (χ1v) is 6.05. The Hall–Kier alpha value is 2.92.